The van der Waals surface area contributed by atoms with Crippen LogP contribution < -0.4 is 0 Å². The van der Waals surface area contributed by atoms with Crippen molar-refractivity contribution < 1.29 is 10.2 Å². The van der Waals surface area contributed by atoms with Gasteiger partial charge >= 0.3 is 0 Å². The van der Waals surface area contributed by atoms with Gasteiger partial charge in [0.25, 0.3) is 6.01 Å². The summed E-state index contributed by atoms with van der Waals surface area (Å²) < 4.78 is 0. The summed E-state index contributed by atoms with van der Waals surface area (Å²) in [5.41, 5.74) is 1.07. The van der Waals surface area contributed by atoms with Crippen LogP contribution in [-0.4, -0.2) is 20.2 Å². The van der Waals surface area contributed by atoms with Gasteiger partial charge in [-0.15, -0.1) is 0 Å². The summed E-state index contributed by atoms with van der Waals surface area (Å²) in [5, 5.41) is 18.3. The summed E-state index contributed by atoms with van der Waals surface area (Å²) in [7, 11) is 0. The summed E-state index contributed by atoms with van der Waals surface area (Å²) in [6.07, 6.45) is 0. The summed E-state index contributed by atoms with van der Waals surface area (Å²) in [5.74, 6) is -0.135. The van der Waals surface area contributed by atoms with Crippen LogP contribution in [-0.2, 0) is 0 Å². The smallest absolute Gasteiger partial charge is 0.294 e. The highest BCUT2D eigenvalue weighted by molar-refractivity contribution is 5.64. The molecule has 1 heterocycles. The van der Waals surface area contributed by atoms with Crippen LogP contribution in [0.15, 0.2) is 24.3 Å². The molecule has 65 valence electrons. The van der Waals surface area contributed by atoms with Crippen molar-refractivity contribution in [1.29, 1.82) is 0 Å². The van der Waals surface area contributed by atoms with E-state index >= 15 is 0 Å². The minimum absolute atomic E-state index is 0.135. The van der Waals surface area contributed by atoms with Crippen LogP contribution in [0.4, 0.5) is 0 Å². The zero-order chi connectivity index (χ0) is 9.26. The molecule has 0 amide bonds. The van der Waals surface area contributed by atoms with E-state index in [1.54, 1.807) is 24.3 Å². The number of rotatable bonds is 1. The Morgan fingerprint density at radius 2 is 1.92 bits per heavy atom. The molecule has 4 nitrogen and oxygen atoms in total. The first kappa shape index (κ1) is 7.67. The van der Waals surface area contributed by atoms with Gasteiger partial charge in [-0.25, -0.2) is 0 Å². The Hall–Kier alpha value is -1.97. The molecule has 2 aromatic rings. The lowest BCUT2D eigenvalue weighted by Gasteiger charge is -1.94. The van der Waals surface area contributed by atoms with Crippen molar-refractivity contribution in [3.05, 3.63) is 30.3 Å². The minimum Gasteiger partial charge on any atom is -0.493 e. The van der Waals surface area contributed by atoms with Crippen LogP contribution >= 0.6 is 0 Å². The maximum absolute atomic E-state index is 9.30. The SMILES string of the molecule is Oc1nc(-c2cc[c]cc2)c(O)[nH]1. The Morgan fingerprint density at radius 3 is 2.46 bits per heavy atom. The minimum atomic E-state index is -0.291. The number of aromatic nitrogens is 2. The van der Waals surface area contributed by atoms with Crippen molar-refractivity contribution in [2.24, 2.45) is 0 Å². The lowest BCUT2D eigenvalue weighted by Crippen LogP contribution is -1.76. The molecule has 0 spiro atoms. The quantitative estimate of drug-likeness (QED) is 0.611. The average molecular weight is 175 g/mol. The number of benzene rings is 1. The highest BCUT2D eigenvalue weighted by Crippen LogP contribution is 2.27. The van der Waals surface area contributed by atoms with Crippen LogP contribution in [0.25, 0.3) is 11.3 Å². The number of nitrogens with one attached hydrogen (secondary N) is 1. The molecule has 0 atom stereocenters. The van der Waals surface area contributed by atoms with E-state index in [4.69, 9.17) is 5.11 Å². The van der Waals surface area contributed by atoms with Crippen LogP contribution in [0, 0.1) is 6.07 Å². The van der Waals surface area contributed by atoms with Crippen molar-refractivity contribution in [1.82, 2.24) is 9.97 Å². The predicted octanol–water partition coefficient (Wildman–Crippen LogP) is 1.29. The molecule has 1 radical (unpaired) electrons. The third-order valence-electron chi connectivity index (χ3n) is 1.66. The molecule has 13 heavy (non-hydrogen) atoms. The van der Waals surface area contributed by atoms with Gasteiger partial charge < -0.3 is 10.2 Å². The summed E-state index contributed by atoms with van der Waals surface area (Å²) in [6, 6.07) is 9.46. The molecule has 0 aliphatic heterocycles. The number of hydrogen-bond acceptors (Lipinski definition) is 3. The van der Waals surface area contributed by atoms with Crippen LogP contribution in [0.2, 0.25) is 0 Å². The standard InChI is InChI=1S/C9H7N2O2/c12-8-7(10-9(13)11-8)6-4-2-1-3-5-6/h2-5,12H,(H2,10,11,13). The molecule has 1 aromatic heterocycles. The molecular weight excluding hydrogens is 168 g/mol. The van der Waals surface area contributed by atoms with Gasteiger partial charge in [-0.1, -0.05) is 24.3 Å². The fourth-order valence-corrected chi connectivity index (χ4v) is 1.10. The van der Waals surface area contributed by atoms with Crippen LogP contribution in [0.1, 0.15) is 0 Å². The summed E-state index contributed by atoms with van der Waals surface area (Å²) in [6.45, 7) is 0. The topological polar surface area (TPSA) is 69.1 Å². The van der Waals surface area contributed by atoms with E-state index in [9.17, 15) is 5.11 Å². The first-order valence-electron chi connectivity index (χ1n) is 3.72. The maximum atomic E-state index is 9.30. The number of aromatic amines is 1. The molecule has 3 N–H and O–H groups in total. The fraction of sp³-hybridized carbons (Fsp3) is 0. The lowest BCUT2D eigenvalue weighted by molar-refractivity contribution is 0.417. The molecule has 0 fully saturated rings. The molecule has 4 heteroatoms. The first-order chi connectivity index (χ1) is 6.27. The van der Waals surface area contributed by atoms with Gasteiger partial charge in [-0.3, -0.25) is 4.98 Å². The highest BCUT2D eigenvalue weighted by Gasteiger charge is 2.09. The predicted molar refractivity (Wildman–Crippen MR) is 46.2 cm³/mol. The van der Waals surface area contributed by atoms with Gasteiger partial charge in [-0.2, -0.15) is 4.98 Å². The van der Waals surface area contributed by atoms with E-state index in [0.29, 0.717) is 5.69 Å². The van der Waals surface area contributed by atoms with Crippen molar-refractivity contribution in [3.8, 4) is 23.1 Å². The Balaban J connectivity index is 2.53. The Kier molecular flexibility index (Phi) is 1.66. The Labute approximate surface area is 74.5 Å². The number of hydrogen-bond donors (Lipinski definition) is 3. The summed E-state index contributed by atoms with van der Waals surface area (Å²) in [4.78, 5) is 6.01. The number of imidazole rings is 1. The molecule has 0 saturated carbocycles. The highest BCUT2D eigenvalue weighted by atomic mass is 16.3. The second-order valence-corrected chi connectivity index (χ2v) is 2.55. The van der Waals surface area contributed by atoms with Gasteiger partial charge in [-0.05, 0) is 6.07 Å². The Morgan fingerprint density at radius 1 is 1.23 bits per heavy atom. The molecule has 0 saturated heterocycles. The van der Waals surface area contributed by atoms with Crippen LogP contribution in [0.5, 0.6) is 11.9 Å². The normalized spacial score (nSPS) is 10.2. The van der Waals surface area contributed by atoms with E-state index in [1.807, 2.05) is 0 Å². The average Bonchev–Trinajstić information content (AvgIpc) is 2.47. The van der Waals surface area contributed by atoms with Gasteiger partial charge in [0.1, 0.15) is 5.69 Å². The van der Waals surface area contributed by atoms with Gasteiger partial charge in [0, 0.05) is 5.56 Å². The van der Waals surface area contributed by atoms with Gasteiger partial charge in [0.15, 0.2) is 0 Å². The van der Waals surface area contributed by atoms with E-state index in [2.05, 4.69) is 16.0 Å². The molecule has 2 rings (SSSR count). The zero-order valence-electron chi connectivity index (χ0n) is 6.65. The zero-order valence-corrected chi connectivity index (χ0v) is 6.65. The number of aromatic hydroxyl groups is 2. The maximum Gasteiger partial charge on any atom is 0.294 e. The lowest BCUT2D eigenvalue weighted by atomic mass is 10.2. The molecule has 0 aliphatic rings. The van der Waals surface area contributed by atoms with Crippen molar-refractivity contribution in [2.45, 2.75) is 0 Å². The molecule has 0 unspecified atom stereocenters. The molecule has 1 aromatic carbocycles. The van der Waals surface area contributed by atoms with Crippen molar-refractivity contribution in [2.75, 3.05) is 0 Å². The second-order valence-electron chi connectivity index (χ2n) is 2.55. The van der Waals surface area contributed by atoms with Crippen LogP contribution in [0.3, 0.4) is 0 Å². The summed E-state index contributed by atoms with van der Waals surface area (Å²) >= 11 is 0. The van der Waals surface area contributed by atoms with E-state index in [-0.39, 0.29) is 11.9 Å². The third-order valence-corrected chi connectivity index (χ3v) is 1.66. The van der Waals surface area contributed by atoms with Crippen molar-refractivity contribution in [3.63, 3.8) is 0 Å². The van der Waals surface area contributed by atoms with Crippen molar-refractivity contribution >= 4 is 0 Å². The molecular formula is C9H7N2O2. The molecule has 0 bridgehead atoms. The monoisotopic (exact) mass is 175 g/mol. The second kappa shape index (κ2) is 2.82. The van der Waals surface area contributed by atoms with E-state index in [0.717, 1.165) is 5.56 Å². The van der Waals surface area contributed by atoms with E-state index < -0.39 is 0 Å². The first-order valence-corrected chi connectivity index (χ1v) is 3.72. The van der Waals surface area contributed by atoms with Gasteiger partial charge in [0.2, 0.25) is 5.88 Å². The van der Waals surface area contributed by atoms with Gasteiger partial charge in [0.05, 0.1) is 0 Å². The third kappa shape index (κ3) is 1.33. The number of H-pyrrole nitrogens is 1. The van der Waals surface area contributed by atoms with E-state index in [1.165, 1.54) is 0 Å². The number of nitrogens with zero attached hydrogens (tertiary/aromatic N) is 1. The largest absolute Gasteiger partial charge is 0.493 e. The fourth-order valence-electron chi connectivity index (χ4n) is 1.10. The molecule has 0 aliphatic carbocycles. The Bertz CT molecular complexity index is 409.